The number of nitrogens with one attached hydrogen (secondary N) is 1. The average molecular weight is 321 g/mol. The van der Waals surface area contributed by atoms with Gasteiger partial charge in [-0.1, -0.05) is 23.4 Å². The van der Waals surface area contributed by atoms with Gasteiger partial charge in [-0.2, -0.15) is 4.98 Å². The van der Waals surface area contributed by atoms with Crippen molar-refractivity contribution in [2.45, 2.75) is 19.3 Å². The standard InChI is InChI=1S/C19H16FN3O/c20-15-10-8-13(9-11-15)19-22-18(24-23-19)7-3-4-14-12-21-17-6-2-1-5-16(14)17/h1-2,5-6,8-12,21H,3-4,7H2. The molecule has 0 radical (unpaired) electrons. The van der Waals surface area contributed by atoms with Crippen LogP contribution in [0, 0.1) is 5.82 Å². The van der Waals surface area contributed by atoms with Crippen molar-refractivity contribution >= 4 is 10.9 Å². The largest absolute Gasteiger partial charge is 0.361 e. The predicted molar refractivity (Wildman–Crippen MR) is 90.0 cm³/mol. The maximum absolute atomic E-state index is 13.0. The molecule has 4 rings (SSSR count). The van der Waals surface area contributed by atoms with E-state index < -0.39 is 0 Å². The van der Waals surface area contributed by atoms with Crippen LogP contribution in [0.1, 0.15) is 17.9 Å². The SMILES string of the molecule is Fc1ccc(-c2noc(CCCc3c[nH]c4ccccc34)n2)cc1. The lowest BCUT2D eigenvalue weighted by atomic mass is 10.1. The van der Waals surface area contributed by atoms with Gasteiger partial charge in [-0.05, 0) is 48.7 Å². The fraction of sp³-hybridized carbons (Fsp3) is 0.158. The van der Waals surface area contributed by atoms with Crippen LogP contribution in [0.2, 0.25) is 0 Å². The molecule has 0 amide bonds. The lowest BCUT2D eigenvalue weighted by Gasteiger charge is -1.97. The molecule has 0 saturated heterocycles. The van der Waals surface area contributed by atoms with Gasteiger partial charge in [-0.3, -0.25) is 0 Å². The second-order valence-electron chi connectivity index (χ2n) is 5.73. The molecular formula is C19H16FN3O. The van der Waals surface area contributed by atoms with E-state index in [1.165, 1.54) is 23.1 Å². The number of benzene rings is 2. The molecule has 0 aliphatic rings. The summed E-state index contributed by atoms with van der Waals surface area (Å²) < 4.78 is 18.2. The van der Waals surface area contributed by atoms with Crippen LogP contribution >= 0.6 is 0 Å². The molecule has 5 heteroatoms. The lowest BCUT2D eigenvalue weighted by molar-refractivity contribution is 0.376. The number of rotatable bonds is 5. The quantitative estimate of drug-likeness (QED) is 0.587. The molecule has 2 aromatic carbocycles. The van der Waals surface area contributed by atoms with E-state index in [4.69, 9.17) is 4.52 Å². The number of hydrogen-bond acceptors (Lipinski definition) is 3. The second-order valence-corrected chi connectivity index (χ2v) is 5.73. The third-order valence-corrected chi connectivity index (χ3v) is 4.08. The predicted octanol–water partition coefficient (Wildman–Crippen LogP) is 4.53. The molecule has 0 atom stereocenters. The number of fused-ring (bicyclic) bond motifs is 1. The highest BCUT2D eigenvalue weighted by Crippen LogP contribution is 2.20. The van der Waals surface area contributed by atoms with Gasteiger partial charge in [0.15, 0.2) is 0 Å². The summed E-state index contributed by atoms with van der Waals surface area (Å²) in [6, 6.07) is 14.4. The van der Waals surface area contributed by atoms with E-state index in [2.05, 4.69) is 33.5 Å². The number of para-hydroxylation sites is 1. The Hall–Kier alpha value is -2.95. The van der Waals surface area contributed by atoms with Gasteiger partial charge >= 0.3 is 0 Å². The molecule has 0 spiro atoms. The molecule has 0 bridgehead atoms. The van der Waals surface area contributed by atoms with Crippen LogP contribution < -0.4 is 0 Å². The molecule has 0 saturated carbocycles. The van der Waals surface area contributed by atoms with Gasteiger partial charge in [-0.25, -0.2) is 4.39 Å². The van der Waals surface area contributed by atoms with E-state index in [1.54, 1.807) is 12.1 Å². The van der Waals surface area contributed by atoms with Crippen molar-refractivity contribution in [1.82, 2.24) is 15.1 Å². The molecule has 0 unspecified atom stereocenters. The van der Waals surface area contributed by atoms with E-state index in [0.717, 1.165) is 23.9 Å². The van der Waals surface area contributed by atoms with Gasteiger partial charge in [0.1, 0.15) is 5.82 Å². The van der Waals surface area contributed by atoms with E-state index in [-0.39, 0.29) is 5.82 Å². The number of aromatic amines is 1. The van der Waals surface area contributed by atoms with Crippen LogP contribution in [0.3, 0.4) is 0 Å². The molecule has 1 N–H and O–H groups in total. The van der Waals surface area contributed by atoms with E-state index >= 15 is 0 Å². The summed E-state index contributed by atoms with van der Waals surface area (Å²) in [7, 11) is 0. The van der Waals surface area contributed by atoms with Crippen molar-refractivity contribution in [2.75, 3.05) is 0 Å². The van der Waals surface area contributed by atoms with Crippen LogP contribution in [-0.2, 0) is 12.8 Å². The first-order chi connectivity index (χ1) is 11.8. The third-order valence-electron chi connectivity index (χ3n) is 4.08. The highest BCUT2D eigenvalue weighted by atomic mass is 19.1. The molecule has 4 aromatic rings. The number of hydrogen-bond donors (Lipinski definition) is 1. The third kappa shape index (κ3) is 2.93. The Labute approximate surface area is 138 Å². The second kappa shape index (κ2) is 6.28. The maximum Gasteiger partial charge on any atom is 0.226 e. The fourth-order valence-corrected chi connectivity index (χ4v) is 2.84. The van der Waals surface area contributed by atoms with Gasteiger partial charge in [0.25, 0.3) is 0 Å². The van der Waals surface area contributed by atoms with Crippen LogP contribution in [-0.4, -0.2) is 15.1 Å². The minimum absolute atomic E-state index is 0.277. The Kier molecular flexibility index (Phi) is 3.83. The number of halogens is 1. The van der Waals surface area contributed by atoms with Gasteiger partial charge in [0.05, 0.1) is 0 Å². The van der Waals surface area contributed by atoms with Gasteiger partial charge in [0.2, 0.25) is 11.7 Å². The summed E-state index contributed by atoms with van der Waals surface area (Å²) in [6.45, 7) is 0. The van der Waals surface area contributed by atoms with Gasteiger partial charge < -0.3 is 9.51 Å². The number of nitrogens with zero attached hydrogens (tertiary/aromatic N) is 2. The Balaban J connectivity index is 1.41. The van der Waals surface area contributed by atoms with E-state index in [0.29, 0.717) is 18.1 Å². The zero-order valence-corrected chi connectivity index (χ0v) is 13.0. The Morgan fingerprint density at radius 2 is 1.83 bits per heavy atom. The number of aromatic nitrogens is 3. The van der Waals surface area contributed by atoms with Crippen molar-refractivity contribution in [3.05, 3.63) is 72.0 Å². The van der Waals surface area contributed by atoms with E-state index in [9.17, 15) is 4.39 Å². The summed E-state index contributed by atoms with van der Waals surface area (Å²) in [6.07, 6.45) is 4.64. The molecule has 4 nitrogen and oxygen atoms in total. The highest BCUT2D eigenvalue weighted by Gasteiger charge is 2.09. The number of H-pyrrole nitrogens is 1. The topological polar surface area (TPSA) is 54.7 Å². The van der Waals surface area contributed by atoms with Crippen molar-refractivity contribution in [2.24, 2.45) is 0 Å². The van der Waals surface area contributed by atoms with Crippen LogP contribution in [0.15, 0.2) is 59.3 Å². The Morgan fingerprint density at radius 1 is 1.00 bits per heavy atom. The first-order valence-corrected chi connectivity index (χ1v) is 7.93. The highest BCUT2D eigenvalue weighted by molar-refractivity contribution is 5.82. The van der Waals surface area contributed by atoms with Crippen molar-refractivity contribution in [3.8, 4) is 11.4 Å². The maximum atomic E-state index is 13.0. The zero-order chi connectivity index (χ0) is 16.4. The normalized spacial score (nSPS) is 11.2. The summed E-state index contributed by atoms with van der Waals surface area (Å²) >= 11 is 0. The smallest absolute Gasteiger partial charge is 0.226 e. The Morgan fingerprint density at radius 3 is 2.71 bits per heavy atom. The fourth-order valence-electron chi connectivity index (χ4n) is 2.84. The minimum Gasteiger partial charge on any atom is -0.361 e. The summed E-state index contributed by atoms with van der Waals surface area (Å²) in [4.78, 5) is 7.67. The minimum atomic E-state index is -0.277. The number of aryl methyl sites for hydroxylation is 2. The summed E-state index contributed by atoms with van der Waals surface area (Å²) in [5.74, 6) is 0.826. The molecule has 0 fully saturated rings. The summed E-state index contributed by atoms with van der Waals surface area (Å²) in [5, 5.41) is 5.23. The van der Waals surface area contributed by atoms with Crippen LogP contribution in [0.4, 0.5) is 4.39 Å². The molecule has 2 aromatic heterocycles. The van der Waals surface area contributed by atoms with Crippen molar-refractivity contribution in [3.63, 3.8) is 0 Å². The molecule has 0 aliphatic carbocycles. The molecule has 120 valence electrons. The van der Waals surface area contributed by atoms with Crippen LogP contribution in [0.5, 0.6) is 0 Å². The van der Waals surface area contributed by atoms with Gasteiger partial charge in [0, 0.05) is 29.1 Å². The van der Waals surface area contributed by atoms with Crippen LogP contribution in [0.25, 0.3) is 22.3 Å². The summed E-state index contributed by atoms with van der Waals surface area (Å²) in [5.41, 5.74) is 3.20. The van der Waals surface area contributed by atoms with E-state index in [1.807, 2.05) is 12.1 Å². The Bertz CT molecular complexity index is 956. The first kappa shape index (κ1) is 14.6. The molecule has 24 heavy (non-hydrogen) atoms. The lowest BCUT2D eigenvalue weighted by Crippen LogP contribution is -1.90. The van der Waals surface area contributed by atoms with Gasteiger partial charge in [-0.15, -0.1) is 0 Å². The molecular weight excluding hydrogens is 305 g/mol. The first-order valence-electron chi connectivity index (χ1n) is 7.93. The molecule has 2 heterocycles. The zero-order valence-electron chi connectivity index (χ0n) is 13.0. The average Bonchev–Trinajstić information content (AvgIpc) is 3.23. The monoisotopic (exact) mass is 321 g/mol. The van der Waals surface area contributed by atoms with Crippen molar-refractivity contribution < 1.29 is 8.91 Å². The molecule has 0 aliphatic heterocycles. The van der Waals surface area contributed by atoms with Crippen molar-refractivity contribution in [1.29, 1.82) is 0 Å².